The first-order valence-electron chi connectivity index (χ1n) is 7.05. The van der Waals surface area contributed by atoms with Crippen LogP contribution in [0.2, 0.25) is 0 Å². The average molecular weight is 336 g/mol. The van der Waals surface area contributed by atoms with Crippen molar-refractivity contribution in [2.45, 2.75) is 20.2 Å². The van der Waals surface area contributed by atoms with Gasteiger partial charge in [-0.1, -0.05) is 18.2 Å². The van der Waals surface area contributed by atoms with Crippen LogP contribution in [0.25, 0.3) is 6.08 Å². The number of para-hydroxylation sites is 1. The normalized spacial score (nSPS) is 11.7. The van der Waals surface area contributed by atoms with Gasteiger partial charge in [0.2, 0.25) is 0 Å². The number of phenolic OH excluding ortho intramolecular Hbond substituents is 1. The van der Waals surface area contributed by atoms with Gasteiger partial charge >= 0.3 is 6.36 Å². The van der Waals surface area contributed by atoms with Crippen molar-refractivity contribution >= 4 is 11.9 Å². The molecule has 0 heterocycles. The highest BCUT2D eigenvalue weighted by molar-refractivity contribution is 6.08. The number of hydrogen-bond donors (Lipinski definition) is 1. The Balaban J connectivity index is 2.27. The van der Waals surface area contributed by atoms with E-state index in [2.05, 4.69) is 4.74 Å². The van der Waals surface area contributed by atoms with E-state index in [-0.39, 0.29) is 11.3 Å². The number of carbonyl (C=O) groups is 1. The van der Waals surface area contributed by atoms with Crippen molar-refractivity contribution in [3.63, 3.8) is 0 Å². The maximum absolute atomic E-state index is 12.4. The minimum atomic E-state index is -4.87. The third kappa shape index (κ3) is 4.38. The second-order valence-electron chi connectivity index (χ2n) is 5.24. The van der Waals surface area contributed by atoms with Gasteiger partial charge in [0.15, 0.2) is 5.78 Å². The fourth-order valence-electron chi connectivity index (χ4n) is 2.23. The van der Waals surface area contributed by atoms with Crippen LogP contribution < -0.4 is 4.74 Å². The highest BCUT2D eigenvalue weighted by atomic mass is 19.4. The van der Waals surface area contributed by atoms with Gasteiger partial charge in [-0.2, -0.15) is 0 Å². The molecule has 2 aromatic rings. The van der Waals surface area contributed by atoms with E-state index in [0.717, 1.165) is 6.07 Å². The molecule has 0 fully saturated rings. The van der Waals surface area contributed by atoms with Gasteiger partial charge in [-0.3, -0.25) is 4.79 Å². The summed E-state index contributed by atoms with van der Waals surface area (Å²) >= 11 is 0. The Morgan fingerprint density at radius 2 is 1.71 bits per heavy atom. The van der Waals surface area contributed by atoms with E-state index in [4.69, 9.17) is 0 Å². The molecule has 2 rings (SSSR count). The minimum absolute atomic E-state index is 0.169. The summed E-state index contributed by atoms with van der Waals surface area (Å²) in [5.41, 5.74) is 1.76. The van der Waals surface area contributed by atoms with Crippen LogP contribution in [0.5, 0.6) is 11.5 Å². The minimum Gasteiger partial charge on any atom is -0.507 e. The van der Waals surface area contributed by atoms with Crippen LogP contribution >= 0.6 is 0 Å². The third-order valence-corrected chi connectivity index (χ3v) is 3.32. The molecule has 0 saturated carbocycles. The van der Waals surface area contributed by atoms with E-state index in [1.54, 1.807) is 26.0 Å². The number of rotatable bonds is 4. The van der Waals surface area contributed by atoms with Gasteiger partial charge in [0.1, 0.15) is 11.5 Å². The molecule has 0 saturated heterocycles. The topological polar surface area (TPSA) is 46.5 Å². The largest absolute Gasteiger partial charge is 0.573 e. The van der Waals surface area contributed by atoms with Crippen LogP contribution in [-0.4, -0.2) is 17.3 Å². The molecule has 3 nitrogen and oxygen atoms in total. The smallest absolute Gasteiger partial charge is 0.507 e. The lowest BCUT2D eigenvalue weighted by Crippen LogP contribution is -2.18. The van der Waals surface area contributed by atoms with Gasteiger partial charge in [0, 0.05) is 0 Å². The Bertz CT molecular complexity index is 769. The summed E-state index contributed by atoms with van der Waals surface area (Å²) in [5, 5.41) is 9.72. The predicted octanol–water partition coefficient (Wildman–Crippen LogP) is 4.80. The molecule has 126 valence electrons. The number of aromatic hydroxyl groups is 1. The summed E-state index contributed by atoms with van der Waals surface area (Å²) in [5.74, 6) is -0.988. The van der Waals surface area contributed by atoms with Gasteiger partial charge in [0.25, 0.3) is 0 Å². The standard InChI is InChI=1S/C18H15F3O3/c1-11-9-13(10-12(2)17(11)23)7-8-15(22)14-5-3-4-6-16(14)24-18(19,20)21/h3-10,23H,1-2H3/b8-7+. The van der Waals surface area contributed by atoms with Crippen molar-refractivity contribution in [2.24, 2.45) is 0 Å². The molecule has 1 N–H and O–H groups in total. The molecule has 0 aliphatic rings. The van der Waals surface area contributed by atoms with Crippen LogP contribution in [0, 0.1) is 13.8 Å². The molecule has 0 bridgehead atoms. The molecule has 0 unspecified atom stereocenters. The lowest BCUT2D eigenvalue weighted by Gasteiger charge is -2.11. The Morgan fingerprint density at radius 1 is 1.12 bits per heavy atom. The molecule has 2 aromatic carbocycles. The molecule has 6 heteroatoms. The fourth-order valence-corrected chi connectivity index (χ4v) is 2.23. The number of carbonyl (C=O) groups excluding carboxylic acids is 1. The maximum atomic E-state index is 12.4. The molecule has 0 spiro atoms. The fraction of sp³-hybridized carbons (Fsp3) is 0.167. The highest BCUT2D eigenvalue weighted by Crippen LogP contribution is 2.27. The zero-order chi connectivity index (χ0) is 17.9. The van der Waals surface area contributed by atoms with Gasteiger partial charge in [-0.25, -0.2) is 0 Å². The summed E-state index contributed by atoms with van der Waals surface area (Å²) in [7, 11) is 0. The number of ether oxygens (including phenoxy) is 1. The van der Waals surface area contributed by atoms with Crippen LogP contribution in [0.15, 0.2) is 42.5 Å². The van der Waals surface area contributed by atoms with E-state index in [1.807, 2.05) is 0 Å². The number of allylic oxidation sites excluding steroid dienone is 1. The van der Waals surface area contributed by atoms with Gasteiger partial charge in [0.05, 0.1) is 5.56 Å². The number of aryl methyl sites for hydroxylation is 2. The summed E-state index contributed by atoms with van der Waals surface area (Å²) in [6, 6.07) is 8.51. The van der Waals surface area contributed by atoms with E-state index in [9.17, 15) is 23.1 Å². The second kappa shape index (κ2) is 6.78. The van der Waals surface area contributed by atoms with Crippen molar-refractivity contribution in [3.05, 3.63) is 64.7 Å². The molecular formula is C18H15F3O3. The average Bonchev–Trinajstić information content (AvgIpc) is 2.49. The van der Waals surface area contributed by atoms with Gasteiger partial charge in [-0.15, -0.1) is 13.2 Å². The Kier molecular flexibility index (Phi) is 4.97. The van der Waals surface area contributed by atoms with Crippen molar-refractivity contribution in [2.75, 3.05) is 0 Å². The summed E-state index contributed by atoms with van der Waals surface area (Å²) in [4.78, 5) is 12.2. The summed E-state index contributed by atoms with van der Waals surface area (Å²) in [6.07, 6.45) is -2.22. The number of halogens is 3. The van der Waals surface area contributed by atoms with Crippen molar-refractivity contribution in [1.82, 2.24) is 0 Å². The third-order valence-electron chi connectivity index (χ3n) is 3.32. The molecule has 0 aliphatic carbocycles. The number of alkyl halides is 3. The van der Waals surface area contributed by atoms with Crippen molar-refractivity contribution < 1.29 is 27.8 Å². The first-order chi connectivity index (χ1) is 11.2. The Labute approximate surface area is 137 Å². The van der Waals surface area contributed by atoms with Gasteiger partial charge in [-0.05, 0) is 60.9 Å². The lowest BCUT2D eigenvalue weighted by molar-refractivity contribution is -0.274. The summed E-state index contributed by atoms with van der Waals surface area (Å²) < 4.78 is 41.0. The SMILES string of the molecule is Cc1cc(/C=C/C(=O)c2ccccc2OC(F)(F)F)cc(C)c1O. The van der Waals surface area contributed by atoms with Crippen LogP contribution in [0.4, 0.5) is 13.2 Å². The Morgan fingerprint density at radius 3 is 2.29 bits per heavy atom. The number of ketones is 1. The van der Waals surface area contributed by atoms with E-state index >= 15 is 0 Å². The molecule has 24 heavy (non-hydrogen) atoms. The highest BCUT2D eigenvalue weighted by Gasteiger charge is 2.32. The maximum Gasteiger partial charge on any atom is 0.573 e. The molecule has 0 aliphatic heterocycles. The first-order valence-corrected chi connectivity index (χ1v) is 7.05. The van der Waals surface area contributed by atoms with E-state index in [0.29, 0.717) is 16.7 Å². The van der Waals surface area contributed by atoms with Gasteiger partial charge < -0.3 is 9.84 Å². The van der Waals surface area contributed by atoms with Crippen LogP contribution in [0.3, 0.4) is 0 Å². The van der Waals surface area contributed by atoms with Crippen LogP contribution in [-0.2, 0) is 0 Å². The zero-order valence-electron chi connectivity index (χ0n) is 13.0. The van der Waals surface area contributed by atoms with E-state index in [1.165, 1.54) is 30.4 Å². The first kappa shape index (κ1) is 17.6. The summed E-state index contributed by atoms with van der Waals surface area (Å²) in [6.45, 7) is 3.43. The zero-order valence-corrected chi connectivity index (χ0v) is 13.0. The lowest BCUT2D eigenvalue weighted by atomic mass is 10.0. The van der Waals surface area contributed by atoms with Crippen molar-refractivity contribution in [1.29, 1.82) is 0 Å². The quantitative estimate of drug-likeness (QED) is 0.644. The second-order valence-corrected chi connectivity index (χ2v) is 5.24. The predicted molar refractivity (Wildman–Crippen MR) is 84.1 cm³/mol. The molecule has 0 amide bonds. The van der Waals surface area contributed by atoms with Crippen molar-refractivity contribution in [3.8, 4) is 11.5 Å². The number of benzene rings is 2. The van der Waals surface area contributed by atoms with E-state index < -0.39 is 17.9 Å². The molecule has 0 atom stereocenters. The molecular weight excluding hydrogens is 321 g/mol. The number of hydrogen-bond acceptors (Lipinski definition) is 3. The van der Waals surface area contributed by atoms with Crippen LogP contribution in [0.1, 0.15) is 27.0 Å². The Hall–Kier alpha value is -2.76. The number of phenols is 1. The molecule has 0 aromatic heterocycles. The monoisotopic (exact) mass is 336 g/mol. The molecule has 0 radical (unpaired) electrons.